The van der Waals surface area contributed by atoms with Crippen molar-refractivity contribution in [2.24, 2.45) is 0 Å². The first-order valence-corrected chi connectivity index (χ1v) is 6.34. The lowest BCUT2D eigenvalue weighted by Gasteiger charge is -2.04. The molecule has 0 saturated heterocycles. The van der Waals surface area contributed by atoms with E-state index in [1.807, 2.05) is 18.2 Å². The fourth-order valence-corrected chi connectivity index (χ4v) is 1.93. The third kappa shape index (κ3) is 4.20. The smallest absolute Gasteiger partial charge is 0.0595 e. The van der Waals surface area contributed by atoms with Crippen molar-refractivity contribution >= 4 is 39.1 Å². The summed E-state index contributed by atoms with van der Waals surface area (Å²) in [7, 11) is 0. The largest absolute Gasteiger partial charge is 0.0894 e. The van der Waals surface area contributed by atoms with Crippen LogP contribution in [0.3, 0.4) is 0 Å². The Balaban J connectivity index is 2.47. The van der Waals surface area contributed by atoms with Gasteiger partial charge in [0.15, 0.2) is 0 Å². The Morgan fingerprint density at radius 2 is 2.00 bits per heavy atom. The highest BCUT2D eigenvalue weighted by atomic mass is 79.9. The topological polar surface area (TPSA) is 0 Å². The van der Waals surface area contributed by atoms with Crippen LogP contribution >= 0.6 is 39.1 Å². The second kappa shape index (κ2) is 5.99. The molecule has 1 rings (SSSR count). The van der Waals surface area contributed by atoms with E-state index in [1.54, 1.807) is 0 Å². The summed E-state index contributed by atoms with van der Waals surface area (Å²) in [5.41, 5.74) is 1.26. The molecule has 0 N–H and O–H groups in total. The molecule has 0 amide bonds. The number of alkyl halides is 1. The van der Waals surface area contributed by atoms with E-state index >= 15 is 0 Å². The van der Waals surface area contributed by atoms with Crippen molar-refractivity contribution in [3.63, 3.8) is 0 Å². The summed E-state index contributed by atoms with van der Waals surface area (Å²) in [6.45, 7) is 2.16. The normalized spacial score (nSPS) is 12.9. The van der Waals surface area contributed by atoms with Crippen LogP contribution in [-0.4, -0.2) is 4.83 Å². The first-order valence-electron chi connectivity index (χ1n) is 4.67. The molecule has 0 radical (unpaired) electrons. The van der Waals surface area contributed by atoms with Crippen LogP contribution in [0.5, 0.6) is 0 Å². The van der Waals surface area contributed by atoms with Gasteiger partial charge in [-0.25, -0.2) is 0 Å². The molecule has 1 aromatic rings. The van der Waals surface area contributed by atoms with E-state index in [0.717, 1.165) is 6.42 Å². The summed E-state index contributed by atoms with van der Waals surface area (Å²) in [6, 6.07) is 5.84. The molecule has 0 bridgehead atoms. The summed E-state index contributed by atoms with van der Waals surface area (Å²) in [4.78, 5) is 0.588. The molecule has 0 aliphatic carbocycles. The molecule has 0 heterocycles. The van der Waals surface area contributed by atoms with Crippen molar-refractivity contribution in [1.82, 2.24) is 0 Å². The number of hydrogen-bond acceptors (Lipinski definition) is 0. The minimum Gasteiger partial charge on any atom is -0.0894 e. The number of benzene rings is 1. The zero-order valence-corrected chi connectivity index (χ0v) is 11.2. The van der Waals surface area contributed by atoms with Crippen molar-refractivity contribution in [3.8, 4) is 0 Å². The van der Waals surface area contributed by atoms with Crippen LogP contribution < -0.4 is 0 Å². The van der Waals surface area contributed by atoms with E-state index in [0.29, 0.717) is 14.9 Å². The zero-order chi connectivity index (χ0) is 10.6. The van der Waals surface area contributed by atoms with Gasteiger partial charge in [0, 0.05) is 4.83 Å². The zero-order valence-electron chi connectivity index (χ0n) is 8.06. The van der Waals surface area contributed by atoms with Crippen LogP contribution in [0, 0.1) is 0 Å². The molecule has 0 nitrogen and oxygen atoms in total. The molecule has 0 aliphatic rings. The van der Waals surface area contributed by atoms with Gasteiger partial charge in [-0.1, -0.05) is 52.1 Å². The Morgan fingerprint density at radius 1 is 1.29 bits per heavy atom. The predicted octanol–water partition coefficient (Wildman–Crippen LogP) is 5.10. The van der Waals surface area contributed by atoms with Gasteiger partial charge in [-0.3, -0.25) is 0 Å². The fourth-order valence-electron chi connectivity index (χ4n) is 1.28. The third-order valence-corrected chi connectivity index (χ3v) is 3.25. The molecule has 78 valence electrons. The Labute approximate surface area is 104 Å². The molecule has 14 heavy (non-hydrogen) atoms. The monoisotopic (exact) mass is 294 g/mol. The highest BCUT2D eigenvalue weighted by molar-refractivity contribution is 9.09. The minimum atomic E-state index is 0.588. The molecule has 0 aromatic heterocycles. The second-order valence-corrected chi connectivity index (χ2v) is 5.80. The Morgan fingerprint density at radius 3 is 2.57 bits per heavy atom. The molecule has 3 heteroatoms. The van der Waals surface area contributed by atoms with Gasteiger partial charge in [-0.2, -0.15) is 0 Å². The van der Waals surface area contributed by atoms with Gasteiger partial charge < -0.3 is 0 Å². The number of rotatable bonds is 4. The lowest BCUT2D eigenvalue weighted by atomic mass is 10.1. The van der Waals surface area contributed by atoms with Gasteiger partial charge in [0.05, 0.1) is 10.0 Å². The van der Waals surface area contributed by atoms with E-state index in [9.17, 15) is 0 Å². The molecule has 0 fully saturated rings. The average molecular weight is 296 g/mol. The van der Waals surface area contributed by atoms with Crippen molar-refractivity contribution in [1.29, 1.82) is 0 Å². The highest BCUT2D eigenvalue weighted by Gasteiger charge is 2.00. The first kappa shape index (κ1) is 12.4. The summed E-state index contributed by atoms with van der Waals surface area (Å²) >= 11 is 15.3. The second-order valence-electron chi connectivity index (χ2n) is 3.42. The maximum atomic E-state index is 5.91. The van der Waals surface area contributed by atoms with Crippen molar-refractivity contribution in [2.45, 2.75) is 31.0 Å². The van der Waals surface area contributed by atoms with E-state index in [2.05, 4.69) is 22.9 Å². The van der Waals surface area contributed by atoms with E-state index in [1.165, 1.54) is 18.4 Å². The van der Waals surface area contributed by atoms with E-state index in [-0.39, 0.29) is 0 Å². The van der Waals surface area contributed by atoms with Gasteiger partial charge in [-0.15, -0.1) is 0 Å². The predicted molar refractivity (Wildman–Crippen MR) is 67.8 cm³/mol. The lowest BCUT2D eigenvalue weighted by Crippen LogP contribution is -1.92. The standard InChI is InChI=1S/C11H13BrCl2/c1-8(12)3-2-4-9-5-6-10(13)11(14)7-9/h5-8H,2-4H2,1H3. The van der Waals surface area contributed by atoms with Gasteiger partial charge in [0.1, 0.15) is 0 Å². The van der Waals surface area contributed by atoms with Gasteiger partial charge in [0.2, 0.25) is 0 Å². The first-order chi connectivity index (χ1) is 6.59. The number of hydrogen-bond donors (Lipinski definition) is 0. The van der Waals surface area contributed by atoms with Crippen LogP contribution in [-0.2, 0) is 6.42 Å². The molecular weight excluding hydrogens is 283 g/mol. The molecular formula is C11H13BrCl2. The quantitative estimate of drug-likeness (QED) is 0.678. The maximum Gasteiger partial charge on any atom is 0.0595 e. The SMILES string of the molecule is CC(Br)CCCc1ccc(Cl)c(Cl)c1. The molecule has 1 atom stereocenters. The number of aryl methyl sites for hydroxylation is 1. The Kier molecular flexibility index (Phi) is 5.29. The van der Waals surface area contributed by atoms with Crippen molar-refractivity contribution < 1.29 is 0 Å². The summed E-state index contributed by atoms with van der Waals surface area (Å²) in [5, 5.41) is 1.28. The minimum absolute atomic E-state index is 0.588. The molecule has 0 saturated carbocycles. The van der Waals surface area contributed by atoms with Gasteiger partial charge >= 0.3 is 0 Å². The highest BCUT2D eigenvalue weighted by Crippen LogP contribution is 2.23. The van der Waals surface area contributed by atoms with Crippen LogP contribution in [0.2, 0.25) is 10.0 Å². The third-order valence-electron chi connectivity index (χ3n) is 2.05. The van der Waals surface area contributed by atoms with Crippen molar-refractivity contribution in [3.05, 3.63) is 33.8 Å². The van der Waals surface area contributed by atoms with Gasteiger partial charge in [0.25, 0.3) is 0 Å². The summed E-state index contributed by atoms with van der Waals surface area (Å²) in [6.07, 6.45) is 3.41. The molecule has 0 spiro atoms. The summed E-state index contributed by atoms with van der Waals surface area (Å²) in [5.74, 6) is 0. The van der Waals surface area contributed by atoms with Crippen LogP contribution in [0.4, 0.5) is 0 Å². The molecule has 1 unspecified atom stereocenters. The Hall–Kier alpha value is 0.280. The lowest BCUT2D eigenvalue weighted by molar-refractivity contribution is 0.736. The molecule has 1 aromatic carbocycles. The number of halogens is 3. The van der Waals surface area contributed by atoms with Crippen molar-refractivity contribution in [2.75, 3.05) is 0 Å². The van der Waals surface area contributed by atoms with Crippen LogP contribution in [0.1, 0.15) is 25.3 Å². The average Bonchev–Trinajstić information content (AvgIpc) is 2.10. The van der Waals surface area contributed by atoms with Gasteiger partial charge in [-0.05, 0) is 37.0 Å². The van der Waals surface area contributed by atoms with Crippen LogP contribution in [0.25, 0.3) is 0 Å². The van der Waals surface area contributed by atoms with E-state index < -0.39 is 0 Å². The maximum absolute atomic E-state index is 5.91. The fraction of sp³-hybridized carbons (Fsp3) is 0.455. The van der Waals surface area contributed by atoms with Crippen LogP contribution in [0.15, 0.2) is 18.2 Å². The Bertz CT molecular complexity index is 297. The molecule has 0 aliphatic heterocycles. The van der Waals surface area contributed by atoms with E-state index in [4.69, 9.17) is 23.2 Å². The summed E-state index contributed by atoms with van der Waals surface area (Å²) < 4.78 is 0.